The summed E-state index contributed by atoms with van der Waals surface area (Å²) < 4.78 is 14.0. The Balaban J connectivity index is 2.13. The van der Waals surface area contributed by atoms with E-state index in [0.717, 1.165) is 23.9 Å². The van der Waals surface area contributed by atoms with Gasteiger partial charge in [-0.05, 0) is 42.2 Å². The minimum Gasteiger partial charge on any atom is -0.320 e. The van der Waals surface area contributed by atoms with Gasteiger partial charge in [0.25, 0.3) is 0 Å². The van der Waals surface area contributed by atoms with Gasteiger partial charge in [0, 0.05) is 5.39 Å². The van der Waals surface area contributed by atoms with Crippen LogP contribution in [0.5, 0.6) is 0 Å². The number of nitrogens with one attached hydrogen (secondary N) is 1. The highest BCUT2D eigenvalue weighted by atomic mass is 19.1. The normalized spacial score (nSPS) is 12.7. The van der Waals surface area contributed by atoms with Crippen molar-refractivity contribution in [3.05, 3.63) is 54.1 Å². The van der Waals surface area contributed by atoms with E-state index in [-0.39, 0.29) is 11.9 Å². The van der Waals surface area contributed by atoms with E-state index in [1.165, 1.54) is 12.4 Å². The number of hydrogen-bond acceptors (Lipinski definition) is 4. The number of nitrogens with zero attached hydrogens (tertiary/aromatic N) is 4. The molecule has 0 fully saturated rings. The standard InChI is InChI=1S/C15H16FN5/c1-17-9-8-15(21-19-10-18-20-21)13-6-7-14(16)12-5-3-2-4-11(12)13/h2-7,10,15,17H,8-9H2,1H3. The zero-order valence-corrected chi connectivity index (χ0v) is 11.7. The van der Waals surface area contributed by atoms with Gasteiger partial charge in [-0.2, -0.15) is 4.80 Å². The fourth-order valence-electron chi connectivity index (χ4n) is 2.57. The summed E-state index contributed by atoms with van der Waals surface area (Å²) in [5, 5.41) is 16.6. The summed E-state index contributed by atoms with van der Waals surface area (Å²) in [4.78, 5) is 1.58. The Morgan fingerprint density at radius 2 is 2.00 bits per heavy atom. The minimum atomic E-state index is -0.215. The van der Waals surface area contributed by atoms with E-state index in [0.29, 0.717) is 5.39 Å². The van der Waals surface area contributed by atoms with E-state index in [2.05, 4.69) is 20.7 Å². The van der Waals surface area contributed by atoms with Crippen LogP contribution in [-0.2, 0) is 0 Å². The summed E-state index contributed by atoms with van der Waals surface area (Å²) in [6, 6.07) is 10.7. The molecule has 1 aromatic heterocycles. The number of fused-ring (bicyclic) bond motifs is 1. The average molecular weight is 285 g/mol. The van der Waals surface area contributed by atoms with Crippen LogP contribution in [0.2, 0.25) is 0 Å². The number of aromatic nitrogens is 4. The monoisotopic (exact) mass is 285 g/mol. The molecule has 3 aromatic rings. The smallest absolute Gasteiger partial charge is 0.162 e. The molecule has 0 aliphatic heterocycles. The van der Waals surface area contributed by atoms with E-state index in [1.807, 2.05) is 25.2 Å². The van der Waals surface area contributed by atoms with Gasteiger partial charge in [0.05, 0.1) is 0 Å². The Bertz CT molecular complexity index is 726. The second-order valence-corrected chi connectivity index (χ2v) is 4.85. The molecular weight excluding hydrogens is 269 g/mol. The van der Waals surface area contributed by atoms with Crippen molar-refractivity contribution in [1.29, 1.82) is 0 Å². The number of rotatable bonds is 5. The molecular formula is C15H16FN5. The maximum Gasteiger partial charge on any atom is 0.162 e. The second-order valence-electron chi connectivity index (χ2n) is 4.85. The van der Waals surface area contributed by atoms with Crippen LogP contribution in [0.4, 0.5) is 4.39 Å². The molecule has 0 aliphatic rings. The van der Waals surface area contributed by atoms with E-state index in [1.54, 1.807) is 16.9 Å². The zero-order chi connectivity index (χ0) is 14.7. The molecule has 1 heterocycles. The molecule has 0 aliphatic carbocycles. The largest absolute Gasteiger partial charge is 0.320 e. The molecule has 2 aromatic carbocycles. The van der Waals surface area contributed by atoms with Gasteiger partial charge in [0.2, 0.25) is 0 Å². The Morgan fingerprint density at radius 3 is 2.71 bits per heavy atom. The third-order valence-electron chi connectivity index (χ3n) is 3.57. The third kappa shape index (κ3) is 2.62. The van der Waals surface area contributed by atoms with Crippen molar-refractivity contribution in [3.63, 3.8) is 0 Å². The Kier molecular flexibility index (Phi) is 3.87. The fourth-order valence-corrected chi connectivity index (χ4v) is 2.57. The SMILES string of the molecule is CNCCC(c1ccc(F)c2ccccc12)n1ncnn1. The summed E-state index contributed by atoms with van der Waals surface area (Å²) in [6.45, 7) is 0.803. The topological polar surface area (TPSA) is 55.6 Å². The zero-order valence-electron chi connectivity index (χ0n) is 11.7. The Morgan fingerprint density at radius 1 is 1.19 bits per heavy atom. The van der Waals surface area contributed by atoms with Crippen LogP contribution in [0.3, 0.4) is 0 Å². The molecule has 1 N–H and O–H groups in total. The van der Waals surface area contributed by atoms with Crippen LogP contribution in [0.1, 0.15) is 18.0 Å². The molecule has 5 nitrogen and oxygen atoms in total. The minimum absolute atomic E-state index is 0.0783. The maximum atomic E-state index is 14.0. The summed E-state index contributed by atoms with van der Waals surface area (Å²) in [7, 11) is 1.90. The van der Waals surface area contributed by atoms with Crippen LogP contribution < -0.4 is 5.32 Å². The van der Waals surface area contributed by atoms with Gasteiger partial charge in [-0.1, -0.05) is 30.3 Å². The first-order valence-corrected chi connectivity index (χ1v) is 6.85. The lowest BCUT2D eigenvalue weighted by molar-refractivity contribution is 0.423. The van der Waals surface area contributed by atoms with Crippen molar-refractivity contribution in [2.75, 3.05) is 13.6 Å². The van der Waals surface area contributed by atoms with E-state index in [9.17, 15) is 4.39 Å². The first-order valence-electron chi connectivity index (χ1n) is 6.85. The van der Waals surface area contributed by atoms with Crippen molar-refractivity contribution in [2.24, 2.45) is 0 Å². The number of halogens is 1. The van der Waals surface area contributed by atoms with Crippen molar-refractivity contribution >= 4 is 10.8 Å². The maximum absolute atomic E-state index is 14.0. The molecule has 0 saturated heterocycles. The lowest BCUT2D eigenvalue weighted by Gasteiger charge is -2.18. The first-order chi connectivity index (χ1) is 10.3. The lowest BCUT2D eigenvalue weighted by atomic mass is 9.96. The van der Waals surface area contributed by atoms with Crippen molar-refractivity contribution in [1.82, 2.24) is 25.5 Å². The van der Waals surface area contributed by atoms with Crippen molar-refractivity contribution in [2.45, 2.75) is 12.5 Å². The van der Waals surface area contributed by atoms with E-state index >= 15 is 0 Å². The highest BCUT2D eigenvalue weighted by Gasteiger charge is 2.19. The van der Waals surface area contributed by atoms with E-state index in [4.69, 9.17) is 0 Å². The van der Waals surface area contributed by atoms with Gasteiger partial charge in [-0.25, -0.2) is 4.39 Å². The summed E-state index contributed by atoms with van der Waals surface area (Å²) in [5.74, 6) is -0.215. The first kappa shape index (κ1) is 13.6. The van der Waals surface area contributed by atoms with Gasteiger partial charge in [-0.3, -0.25) is 0 Å². The average Bonchev–Trinajstić information content (AvgIpc) is 3.04. The molecule has 0 spiro atoms. The summed E-state index contributed by atoms with van der Waals surface area (Å²) >= 11 is 0. The summed E-state index contributed by atoms with van der Waals surface area (Å²) in [6.07, 6.45) is 2.21. The predicted octanol–water partition coefficient (Wildman–Crippen LogP) is 2.16. The molecule has 0 saturated carbocycles. The molecule has 0 bridgehead atoms. The molecule has 3 rings (SSSR count). The van der Waals surface area contributed by atoms with Gasteiger partial charge in [0.15, 0.2) is 6.33 Å². The highest BCUT2D eigenvalue weighted by Crippen LogP contribution is 2.29. The van der Waals surface area contributed by atoms with E-state index < -0.39 is 0 Å². The highest BCUT2D eigenvalue weighted by molar-refractivity contribution is 5.86. The molecule has 0 radical (unpaired) electrons. The molecule has 0 amide bonds. The number of benzene rings is 2. The quantitative estimate of drug-likeness (QED) is 0.780. The van der Waals surface area contributed by atoms with Gasteiger partial charge >= 0.3 is 0 Å². The van der Waals surface area contributed by atoms with Crippen molar-refractivity contribution in [3.8, 4) is 0 Å². The van der Waals surface area contributed by atoms with Crippen LogP contribution in [0, 0.1) is 5.82 Å². The van der Waals surface area contributed by atoms with Gasteiger partial charge < -0.3 is 5.32 Å². The number of hydrogen-bond donors (Lipinski definition) is 1. The van der Waals surface area contributed by atoms with Crippen LogP contribution in [0.15, 0.2) is 42.7 Å². The van der Waals surface area contributed by atoms with Crippen LogP contribution in [0.25, 0.3) is 10.8 Å². The Hall–Kier alpha value is -2.34. The molecule has 1 atom stereocenters. The molecule has 6 heteroatoms. The fraction of sp³-hybridized carbons (Fsp3) is 0.267. The molecule has 1 unspecified atom stereocenters. The van der Waals surface area contributed by atoms with Crippen molar-refractivity contribution < 1.29 is 4.39 Å². The lowest BCUT2D eigenvalue weighted by Crippen LogP contribution is -2.20. The van der Waals surface area contributed by atoms with Gasteiger partial charge in [0.1, 0.15) is 11.9 Å². The van der Waals surface area contributed by atoms with Gasteiger partial charge in [-0.15, -0.1) is 10.2 Å². The summed E-state index contributed by atoms with van der Waals surface area (Å²) in [5.41, 5.74) is 1.00. The molecule has 108 valence electrons. The van der Waals surface area contributed by atoms with Crippen LogP contribution in [-0.4, -0.2) is 33.8 Å². The predicted molar refractivity (Wildman–Crippen MR) is 78.4 cm³/mol. The number of tetrazole rings is 1. The van der Waals surface area contributed by atoms with Crippen LogP contribution >= 0.6 is 0 Å². The third-order valence-corrected chi connectivity index (χ3v) is 3.57. The Labute approximate surface area is 121 Å². The second kappa shape index (κ2) is 5.97. The molecule has 21 heavy (non-hydrogen) atoms.